The average molecular weight is 434 g/mol. The van der Waals surface area contributed by atoms with E-state index in [-0.39, 0.29) is 18.3 Å². The van der Waals surface area contributed by atoms with Crippen LogP contribution in [0, 0.1) is 0 Å². The molecule has 1 amide bonds. The van der Waals surface area contributed by atoms with E-state index in [2.05, 4.69) is 24.6 Å². The third-order valence-electron chi connectivity index (χ3n) is 4.63. The van der Waals surface area contributed by atoms with Crippen LogP contribution in [0.25, 0.3) is 11.4 Å². The van der Waals surface area contributed by atoms with Gasteiger partial charge in [0.25, 0.3) is 5.91 Å². The Bertz CT molecular complexity index is 1020. The highest BCUT2D eigenvalue weighted by atomic mass is 19.4. The molecule has 0 aliphatic carbocycles. The van der Waals surface area contributed by atoms with Crippen LogP contribution in [0.5, 0.6) is 5.75 Å². The van der Waals surface area contributed by atoms with Gasteiger partial charge in [-0.25, -0.2) is 4.98 Å². The Hall–Kier alpha value is -3.70. The van der Waals surface area contributed by atoms with Crippen LogP contribution < -0.4 is 9.64 Å². The van der Waals surface area contributed by atoms with Crippen LogP contribution in [-0.4, -0.2) is 63.7 Å². The zero-order valence-corrected chi connectivity index (χ0v) is 16.1. The predicted octanol–water partition coefficient (Wildman–Crippen LogP) is 2.27. The van der Waals surface area contributed by atoms with Crippen LogP contribution in [0.15, 0.2) is 47.4 Å². The van der Waals surface area contributed by atoms with Crippen LogP contribution in [0.1, 0.15) is 5.89 Å². The Morgan fingerprint density at radius 3 is 2.55 bits per heavy atom. The number of ether oxygens (including phenoxy) is 1. The molecule has 0 bridgehead atoms. The predicted molar refractivity (Wildman–Crippen MR) is 101 cm³/mol. The van der Waals surface area contributed by atoms with E-state index in [1.165, 1.54) is 6.20 Å². The fourth-order valence-electron chi connectivity index (χ4n) is 3.02. The van der Waals surface area contributed by atoms with Crippen molar-refractivity contribution in [2.45, 2.75) is 6.18 Å². The van der Waals surface area contributed by atoms with Crippen molar-refractivity contribution >= 4 is 11.7 Å². The molecule has 0 saturated carbocycles. The fourth-order valence-corrected chi connectivity index (χ4v) is 3.02. The molecule has 1 fully saturated rings. The summed E-state index contributed by atoms with van der Waals surface area (Å²) in [6.07, 6.45) is -0.145. The Morgan fingerprint density at radius 1 is 1.13 bits per heavy atom. The zero-order chi connectivity index (χ0) is 21.8. The summed E-state index contributed by atoms with van der Waals surface area (Å²) in [5, 5.41) is 3.34. The molecule has 1 aliphatic heterocycles. The summed E-state index contributed by atoms with van der Waals surface area (Å²) in [7, 11) is 0. The van der Waals surface area contributed by atoms with Crippen LogP contribution in [0.2, 0.25) is 0 Å². The number of hydrogen-bond acceptors (Lipinski definition) is 8. The smallest absolute Gasteiger partial charge is 0.471 e. The van der Waals surface area contributed by atoms with Gasteiger partial charge in [-0.05, 0) is 24.3 Å². The maximum absolute atomic E-state index is 12.6. The van der Waals surface area contributed by atoms with E-state index in [0.717, 1.165) is 0 Å². The molecule has 1 aliphatic rings. The summed E-state index contributed by atoms with van der Waals surface area (Å²) in [5.41, 5.74) is 0.310. The van der Waals surface area contributed by atoms with Gasteiger partial charge in [0.15, 0.2) is 6.61 Å². The monoisotopic (exact) mass is 434 g/mol. The SMILES string of the molecule is O=C(COc1cccnc1)N1CCN(c2ccc(-c3noc(C(F)(F)F)n3)cn2)CC1. The number of piperazine rings is 1. The number of halogens is 3. The molecule has 12 heteroatoms. The Balaban J connectivity index is 1.30. The number of pyridine rings is 2. The molecule has 3 aromatic rings. The lowest BCUT2D eigenvalue weighted by molar-refractivity contribution is -0.159. The van der Waals surface area contributed by atoms with Crippen molar-refractivity contribution in [2.75, 3.05) is 37.7 Å². The number of carbonyl (C=O) groups excluding carboxylic acids is 1. The Kier molecular flexibility index (Phi) is 5.69. The summed E-state index contributed by atoms with van der Waals surface area (Å²) < 4.78 is 47.4. The van der Waals surface area contributed by atoms with Gasteiger partial charge in [0.05, 0.1) is 6.20 Å². The lowest BCUT2D eigenvalue weighted by atomic mass is 10.2. The van der Waals surface area contributed by atoms with Gasteiger partial charge in [0, 0.05) is 44.1 Å². The van der Waals surface area contributed by atoms with Crippen molar-refractivity contribution in [1.29, 1.82) is 0 Å². The first-order chi connectivity index (χ1) is 14.9. The number of alkyl halides is 3. The topological polar surface area (TPSA) is 97.5 Å². The number of aromatic nitrogens is 4. The molecule has 3 aromatic heterocycles. The molecule has 0 atom stereocenters. The van der Waals surface area contributed by atoms with E-state index in [9.17, 15) is 18.0 Å². The highest BCUT2D eigenvalue weighted by Crippen LogP contribution is 2.29. The molecule has 9 nitrogen and oxygen atoms in total. The quantitative estimate of drug-likeness (QED) is 0.603. The summed E-state index contributed by atoms with van der Waals surface area (Å²) in [6.45, 7) is 2.05. The third-order valence-corrected chi connectivity index (χ3v) is 4.63. The van der Waals surface area contributed by atoms with E-state index in [1.807, 2.05) is 4.90 Å². The van der Waals surface area contributed by atoms with Crippen LogP contribution in [0.3, 0.4) is 0 Å². The molecule has 162 valence electrons. The van der Waals surface area contributed by atoms with Crippen molar-refractivity contribution in [2.24, 2.45) is 0 Å². The average Bonchev–Trinajstić information content (AvgIpc) is 3.29. The fraction of sp³-hybridized carbons (Fsp3) is 0.316. The molecule has 4 heterocycles. The lowest BCUT2D eigenvalue weighted by Crippen LogP contribution is -2.50. The number of hydrogen-bond donors (Lipinski definition) is 0. The van der Waals surface area contributed by atoms with Crippen molar-refractivity contribution in [3.63, 3.8) is 0 Å². The van der Waals surface area contributed by atoms with Gasteiger partial charge in [-0.15, -0.1) is 0 Å². The standard InChI is InChI=1S/C19H17F3N6O3/c20-19(21,22)18-25-17(26-31-18)13-3-4-15(24-10-13)27-6-8-28(9-7-27)16(29)12-30-14-2-1-5-23-11-14/h1-5,10-11H,6-9,12H2. The van der Waals surface area contributed by atoms with Gasteiger partial charge in [0.2, 0.25) is 5.82 Å². The summed E-state index contributed by atoms with van der Waals surface area (Å²) in [6, 6.07) is 6.70. The Labute approximate surface area is 174 Å². The van der Waals surface area contributed by atoms with Gasteiger partial charge in [-0.3, -0.25) is 9.78 Å². The second-order valence-corrected chi connectivity index (χ2v) is 6.67. The maximum atomic E-state index is 12.6. The van der Waals surface area contributed by atoms with E-state index in [4.69, 9.17) is 4.74 Å². The lowest BCUT2D eigenvalue weighted by Gasteiger charge is -2.35. The molecular weight excluding hydrogens is 417 g/mol. The molecular formula is C19H17F3N6O3. The van der Waals surface area contributed by atoms with Crippen LogP contribution in [0.4, 0.5) is 19.0 Å². The highest BCUT2D eigenvalue weighted by Gasteiger charge is 2.38. The molecule has 31 heavy (non-hydrogen) atoms. The van der Waals surface area contributed by atoms with Crippen molar-refractivity contribution < 1.29 is 27.2 Å². The minimum atomic E-state index is -4.70. The van der Waals surface area contributed by atoms with Crippen molar-refractivity contribution in [3.05, 3.63) is 48.7 Å². The van der Waals surface area contributed by atoms with E-state index >= 15 is 0 Å². The number of rotatable bonds is 5. The molecule has 0 aromatic carbocycles. The molecule has 0 N–H and O–H groups in total. The van der Waals surface area contributed by atoms with Crippen molar-refractivity contribution in [1.82, 2.24) is 25.0 Å². The van der Waals surface area contributed by atoms with Gasteiger partial charge < -0.3 is 19.1 Å². The minimum absolute atomic E-state index is 0.0662. The van der Waals surface area contributed by atoms with Gasteiger partial charge in [-0.2, -0.15) is 18.2 Å². The van der Waals surface area contributed by atoms with E-state index in [1.54, 1.807) is 41.6 Å². The third kappa shape index (κ3) is 4.90. The van der Waals surface area contributed by atoms with E-state index < -0.39 is 12.1 Å². The highest BCUT2D eigenvalue weighted by molar-refractivity contribution is 5.78. The molecule has 0 spiro atoms. The minimum Gasteiger partial charge on any atom is -0.482 e. The second kappa shape index (κ2) is 8.58. The maximum Gasteiger partial charge on any atom is 0.471 e. The zero-order valence-electron chi connectivity index (χ0n) is 16.1. The first-order valence-corrected chi connectivity index (χ1v) is 9.33. The number of nitrogens with zero attached hydrogens (tertiary/aromatic N) is 6. The van der Waals surface area contributed by atoms with Crippen molar-refractivity contribution in [3.8, 4) is 17.1 Å². The summed E-state index contributed by atoms with van der Waals surface area (Å²) in [4.78, 5) is 27.6. The first-order valence-electron chi connectivity index (χ1n) is 9.33. The van der Waals surface area contributed by atoms with Gasteiger partial charge in [-0.1, -0.05) is 5.16 Å². The molecule has 4 rings (SSSR count). The number of anilines is 1. The Morgan fingerprint density at radius 2 is 1.94 bits per heavy atom. The van der Waals surface area contributed by atoms with E-state index in [0.29, 0.717) is 43.3 Å². The summed E-state index contributed by atoms with van der Waals surface area (Å²) >= 11 is 0. The molecule has 0 unspecified atom stereocenters. The first kappa shape index (κ1) is 20.6. The molecule has 1 saturated heterocycles. The van der Waals surface area contributed by atoms with Gasteiger partial charge in [0.1, 0.15) is 11.6 Å². The number of carbonyl (C=O) groups is 1. The largest absolute Gasteiger partial charge is 0.482 e. The summed E-state index contributed by atoms with van der Waals surface area (Å²) in [5.74, 6) is -0.538. The van der Waals surface area contributed by atoms with Crippen LogP contribution >= 0.6 is 0 Å². The second-order valence-electron chi connectivity index (χ2n) is 6.67. The molecule has 0 radical (unpaired) electrons. The van der Waals surface area contributed by atoms with Crippen LogP contribution in [-0.2, 0) is 11.0 Å². The normalized spacial score (nSPS) is 14.5. The van der Waals surface area contributed by atoms with Gasteiger partial charge >= 0.3 is 12.1 Å². The number of amides is 1.